The van der Waals surface area contributed by atoms with E-state index in [4.69, 9.17) is 4.42 Å². The van der Waals surface area contributed by atoms with Crippen molar-refractivity contribution in [1.82, 2.24) is 5.32 Å². The van der Waals surface area contributed by atoms with Gasteiger partial charge in [-0.1, -0.05) is 12.1 Å². The van der Waals surface area contributed by atoms with E-state index in [9.17, 15) is 9.59 Å². The van der Waals surface area contributed by atoms with Gasteiger partial charge in [0.05, 0.1) is 16.8 Å². The molecule has 2 amide bonds. The van der Waals surface area contributed by atoms with Gasteiger partial charge in [-0.15, -0.1) is 11.3 Å². The van der Waals surface area contributed by atoms with Crippen molar-refractivity contribution >= 4 is 60.7 Å². The van der Waals surface area contributed by atoms with Crippen LogP contribution in [0.5, 0.6) is 0 Å². The number of carbonyl (C=O) groups is 2. The van der Waals surface area contributed by atoms with Crippen LogP contribution in [-0.4, -0.2) is 11.8 Å². The number of benzene rings is 1. The smallest absolute Gasteiger partial charge is 0.291 e. The van der Waals surface area contributed by atoms with Gasteiger partial charge in [-0.3, -0.25) is 9.59 Å². The molecule has 2 N–H and O–H groups in total. The molecule has 0 saturated heterocycles. The predicted molar refractivity (Wildman–Crippen MR) is 108 cm³/mol. The molecule has 0 fully saturated rings. The zero-order valence-electron chi connectivity index (χ0n) is 13.4. The highest BCUT2D eigenvalue weighted by atomic mass is 79.9. The van der Waals surface area contributed by atoms with Crippen molar-refractivity contribution < 1.29 is 14.0 Å². The standard InChI is InChI=1S/C18H14Br2N2O3S/c19-15-7-6-14(25-15)18(24)22-12-3-1-11(2-4-12)9-17(23)21-10-13-5-8-16(20)26-13/h1-8H,9-10H2,(H,21,23)(H,22,24). The summed E-state index contributed by atoms with van der Waals surface area (Å²) in [7, 11) is 0. The Balaban J connectivity index is 1.50. The Morgan fingerprint density at radius 1 is 1.00 bits per heavy atom. The second-order valence-electron chi connectivity index (χ2n) is 5.41. The second kappa shape index (κ2) is 8.66. The number of thiophene rings is 1. The first-order valence-corrected chi connectivity index (χ1v) is 10.1. The minimum Gasteiger partial charge on any atom is -0.444 e. The largest absolute Gasteiger partial charge is 0.444 e. The molecule has 0 bridgehead atoms. The van der Waals surface area contributed by atoms with Crippen LogP contribution in [0.15, 0.2) is 61.4 Å². The first-order chi connectivity index (χ1) is 12.5. The molecule has 134 valence electrons. The van der Waals surface area contributed by atoms with Gasteiger partial charge in [0.15, 0.2) is 10.4 Å². The molecule has 0 aliphatic carbocycles. The summed E-state index contributed by atoms with van der Waals surface area (Å²) in [5.41, 5.74) is 1.50. The Hall–Kier alpha value is -1.90. The van der Waals surface area contributed by atoms with E-state index in [1.807, 2.05) is 24.3 Å². The van der Waals surface area contributed by atoms with Crippen molar-refractivity contribution in [2.75, 3.05) is 5.32 Å². The van der Waals surface area contributed by atoms with Crippen LogP contribution in [0.1, 0.15) is 21.0 Å². The van der Waals surface area contributed by atoms with Crippen LogP contribution in [0.3, 0.4) is 0 Å². The van der Waals surface area contributed by atoms with Crippen LogP contribution in [0.2, 0.25) is 0 Å². The van der Waals surface area contributed by atoms with Gasteiger partial charge < -0.3 is 15.1 Å². The molecule has 0 atom stereocenters. The number of furan rings is 1. The van der Waals surface area contributed by atoms with Gasteiger partial charge >= 0.3 is 0 Å². The van der Waals surface area contributed by atoms with Gasteiger partial charge in [-0.25, -0.2) is 0 Å². The number of carbonyl (C=O) groups excluding carboxylic acids is 2. The third-order valence-corrected chi connectivity index (χ3v) is 5.51. The number of anilines is 1. The lowest BCUT2D eigenvalue weighted by molar-refractivity contribution is -0.120. The summed E-state index contributed by atoms with van der Waals surface area (Å²) in [4.78, 5) is 25.1. The van der Waals surface area contributed by atoms with Crippen LogP contribution < -0.4 is 10.6 Å². The summed E-state index contributed by atoms with van der Waals surface area (Å²) >= 11 is 8.16. The number of nitrogens with one attached hydrogen (secondary N) is 2. The van der Waals surface area contributed by atoms with Crippen LogP contribution in [-0.2, 0) is 17.8 Å². The summed E-state index contributed by atoms with van der Waals surface area (Å²) in [6.07, 6.45) is 0.284. The van der Waals surface area contributed by atoms with Crippen LogP contribution in [0, 0.1) is 0 Å². The Kier molecular flexibility index (Phi) is 6.29. The first-order valence-electron chi connectivity index (χ1n) is 7.66. The van der Waals surface area contributed by atoms with Crippen LogP contribution in [0.4, 0.5) is 5.69 Å². The summed E-state index contributed by atoms with van der Waals surface area (Å²) in [6, 6.07) is 14.3. The monoisotopic (exact) mass is 496 g/mol. The Morgan fingerprint density at radius 2 is 1.77 bits per heavy atom. The highest BCUT2D eigenvalue weighted by Gasteiger charge is 2.11. The van der Waals surface area contributed by atoms with Gasteiger partial charge in [0.2, 0.25) is 5.91 Å². The summed E-state index contributed by atoms with van der Waals surface area (Å²) in [6.45, 7) is 0.516. The SMILES string of the molecule is O=C(Cc1ccc(NC(=O)c2ccc(Br)o2)cc1)NCc1ccc(Br)s1. The zero-order valence-corrected chi connectivity index (χ0v) is 17.4. The normalized spacial score (nSPS) is 10.5. The van der Waals surface area contributed by atoms with E-state index < -0.39 is 0 Å². The maximum Gasteiger partial charge on any atom is 0.291 e. The topological polar surface area (TPSA) is 71.3 Å². The maximum absolute atomic E-state index is 12.0. The Labute approximate surface area is 171 Å². The molecule has 8 heteroatoms. The molecule has 3 aromatic rings. The lowest BCUT2D eigenvalue weighted by Gasteiger charge is -2.06. The van der Waals surface area contributed by atoms with Crippen molar-refractivity contribution in [3.8, 4) is 0 Å². The molecule has 5 nitrogen and oxygen atoms in total. The molecule has 2 aromatic heterocycles. The predicted octanol–water partition coefficient (Wildman–Crippen LogP) is 4.98. The van der Waals surface area contributed by atoms with E-state index in [1.165, 1.54) is 0 Å². The molecule has 0 spiro atoms. The molecule has 0 aliphatic rings. The van der Waals surface area contributed by atoms with E-state index in [-0.39, 0.29) is 24.0 Å². The molecular weight excluding hydrogens is 484 g/mol. The Morgan fingerprint density at radius 3 is 2.38 bits per heavy atom. The molecule has 0 radical (unpaired) electrons. The molecule has 0 unspecified atom stereocenters. The molecule has 1 aromatic carbocycles. The molecule has 3 rings (SSSR count). The summed E-state index contributed by atoms with van der Waals surface area (Å²) in [5, 5.41) is 5.64. The molecule has 0 aliphatic heterocycles. The van der Waals surface area contributed by atoms with Crippen molar-refractivity contribution in [2.24, 2.45) is 0 Å². The summed E-state index contributed by atoms with van der Waals surface area (Å²) < 4.78 is 6.75. The lowest BCUT2D eigenvalue weighted by Crippen LogP contribution is -2.24. The average Bonchev–Trinajstić information content (AvgIpc) is 3.23. The molecule has 26 heavy (non-hydrogen) atoms. The highest BCUT2D eigenvalue weighted by Crippen LogP contribution is 2.21. The number of hydrogen-bond donors (Lipinski definition) is 2. The second-order valence-corrected chi connectivity index (χ2v) is 8.74. The molecule has 0 saturated carbocycles. The third-order valence-electron chi connectivity index (χ3n) is 3.46. The number of halogens is 2. The van der Waals surface area contributed by atoms with E-state index in [0.717, 1.165) is 14.2 Å². The summed E-state index contributed by atoms with van der Waals surface area (Å²) in [5.74, 6) is -0.157. The van der Waals surface area contributed by atoms with Gasteiger partial charge in [-0.2, -0.15) is 0 Å². The first kappa shape index (κ1) is 18.9. The quantitative estimate of drug-likeness (QED) is 0.504. The minimum absolute atomic E-state index is 0.0493. The number of amides is 2. The van der Waals surface area contributed by atoms with Crippen molar-refractivity contribution in [1.29, 1.82) is 0 Å². The fourth-order valence-electron chi connectivity index (χ4n) is 2.22. The van der Waals surface area contributed by atoms with Gasteiger partial charge in [0.1, 0.15) is 0 Å². The maximum atomic E-state index is 12.0. The van der Waals surface area contributed by atoms with Gasteiger partial charge in [-0.05, 0) is 73.8 Å². The minimum atomic E-state index is -0.330. The van der Waals surface area contributed by atoms with E-state index in [0.29, 0.717) is 16.9 Å². The average molecular weight is 498 g/mol. The molecular formula is C18H14Br2N2O3S. The highest BCUT2D eigenvalue weighted by molar-refractivity contribution is 9.11. The van der Waals surface area contributed by atoms with Gasteiger partial charge in [0.25, 0.3) is 5.91 Å². The van der Waals surface area contributed by atoms with Gasteiger partial charge in [0, 0.05) is 10.6 Å². The zero-order chi connectivity index (χ0) is 18.5. The third kappa shape index (κ3) is 5.30. The van der Waals surface area contributed by atoms with E-state index in [1.54, 1.807) is 35.6 Å². The lowest BCUT2D eigenvalue weighted by atomic mass is 10.1. The van der Waals surface area contributed by atoms with Crippen molar-refractivity contribution in [3.05, 3.63) is 73.2 Å². The van der Waals surface area contributed by atoms with Crippen LogP contribution in [0.25, 0.3) is 0 Å². The van der Waals surface area contributed by atoms with Crippen molar-refractivity contribution in [3.63, 3.8) is 0 Å². The number of rotatable bonds is 6. The number of hydrogen-bond acceptors (Lipinski definition) is 4. The molecule has 2 heterocycles. The van der Waals surface area contributed by atoms with E-state index >= 15 is 0 Å². The van der Waals surface area contributed by atoms with Crippen LogP contribution >= 0.6 is 43.2 Å². The fourth-order valence-corrected chi connectivity index (χ4v) is 3.94. The fraction of sp³-hybridized carbons (Fsp3) is 0.111. The van der Waals surface area contributed by atoms with Crippen molar-refractivity contribution in [2.45, 2.75) is 13.0 Å². The van der Waals surface area contributed by atoms with E-state index in [2.05, 4.69) is 42.5 Å². The Bertz CT molecular complexity index is 919.